The molecule has 0 spiro atoms. The minimum absolute atomic E-state index is 0.103. The number of ether oxygens (including phenoxy) is 2. The van der Waals surface area contributed by atoms with Crippen LogP contribution in [0.25, 0.3) is 10.8 Å². The Labute approximate surface area is 123 Å². The van der Waals surface area contributed by atoms with Crippen molar-refractivity contribution in [2.75, 3.05) is 13.2 Å². The van der Waals surface area contributed by atoms with E-state index < -0.39 is 11.7 Å². The van der Waals surface area contributed by atoms with Crippen molar-refractivity contribution in [3.63, 3.8) is 0 Å². The Kier molecular flexibility index (Phi) is 5.21. The summed E-state index contributed by atoms with van der Waals surface area (Å²) in [6.45, 7) is 2.28. The molecule has 21 heavy (non-hydrogen) atoms. The molecule has 0 unspecified atom stereocenters. The molecule has 110 valence electrons. The van der Waals surface area contributed by atoms with Crippen molar-refractivity contribution in [2.45, 2.75) is 13.3 Å². The summed E-state index contributed by atoms with van der Waals surface area (Å²) in [5, 5.41) is 11.7. The molecular formula is C17H18O4. The predicted molar refractivity (Wildman–Crippen MR) is 81.4 cm³/mol. The highest BCUT2D eigenvalue weighted by molar-refractivity contribution is 5.85. The monoisotopic (exact) mass is 286 g/mol. The van der Waals surface area contributed by atoms with E-state index in [4.69, 9.17) is 9.47 Å². The van der Waals surface area contributed by atoms with Gasteiger partial charge in [0, 0.05) is 6.08 Å². The molecule has 0 aliphatic rings. The van der Waals surface area contributed by atoms with E-state index in [9.17, 15) is 9.90 Å². The van der Waals surface area contributed by atoms with Crippen molar-refractivity contribution in [3.05, 3.63) is 54.3 Å². The zero-order valence-electron chi connectivity index (χ0n) is 11.9. The van der Waals surface area contributed by atoms with E-state index in [1.165, 1.54) is 6.08 Å². The summed E-state index contributed by atoms with van der Waals surface area (Å²) in [5.41, 5.74) is 0. The van der Waals surface area contributed by atoms with E-state index in [0.717, 1.165) is 10.8 Å². The molecule has 0 aromatic heterocycles. The minimum Gasteiger partial charge on any atom is -0.502 e. The summed E-state index contributed by atoms with van der Waals surface area (Å²) in [6.07, 6.45) is 2.01. The lowest BCUT2D eigenvalue weighted by Gasteiger charge is -2.06. The van der Waals surface area contributed by atoms with Gasteiger partial charge in [0.1, 0.15) is 12.4 Å². The number of aliphatic hydroxyl groups excluding tert-OH is 1. The normalized spacial score (nSPS) is 11.4. The Hall–Kier alpha value is -2.49. The third-order valence-electron chi connectivity index (χ3n) is 2.89. The van der Waals surface area contributed by atoms with E-state index in [2.05, 4.69) is 0 Å². The van der Waals surface area contributed by atoms with Crippen LogP contribution < -0.4 is 4.74 Å². The quantitative estimate of drug-likeness (QED) is 0.500. The molecule has 0 heterocycles. The highest BCUT2D eigenvalue weighted by Crippen LogP contribution is 2.20. The smallest absolute Gasteiger partial charge is 0.373 e. The van der Waals surface area contributed by atoms with Gasteiger partial charge in [-0.1, -0.05) is 37.3 Å². The summed E-state index contributed by atoms with van der Waals surface area (Å²) in [6, 6.07) is 13.7. The fraction of sp³-hybridized carbons (Fsp3) is 0.235. The molecule has 4 heteroatoms. The molecule has 0 atom stereocenters. The third kappa shape index (κ3) is 4.24. The number of esters is 1. The molecule has 1 N–H and O–H groups in total. The zero-order valence-corrected chi connectivity index (χ0v) is 11.9. The van der Waals surface area contributed by atoms with Crippen LogP contribution in [0, 0.1) is 0 Å². The van der Waals surface area contributed by atoms with Crippen molar-refractivity contribution in [1.29, 1.82) is 0 Å². The van der Waals surface area contributed by atoms with Crippen LogP contribution in [-0.4, -0.2) is 24.3 Å². The van der Waals surface area contributed by atoms with Crippen molar-refractivity contribution in [2.24, 2.45) is 0 Å². The maximum Gasteiger partial charge on any atom is 0.373 e. The second-order valence-electron chi connectivity index (χ2n) is 4.55. The molecule has 0 bridgehead atoms. The third-order valence-corrected chi connectivity index (χ3v) is 2.89. The number of rotatable bonds is 6. The summed E-state index contributed by atoms with van der Waals surface area (Å²) < 4.78 is 10.3. The SMILES string of the molecule is CCCOC(=O)C(O)=CCOc1ccc2ccccc2c1. The average Bonchev–Trinajstić information content (AvgIpc) is 2.52. The van der Waals surface area contributed by atoms with Crippen molar-refractivity contribution in [1.82, 2.24) is 0 Å². The number of hydrogen-bond acceptors (Lipinski definition) is 4. The van der Waals surface area contributed by atoms with Gasteiger partial charge in [-0.05, 0) is 29.3 Å². The van der Waals surface area contributed by atoms with Crippen LogP contribution in [0.1, 0.15) is 13.3 Å². The second kappa shape index (κ2) is 7.33. The van der Waals surface area contributed by atoms with E-state index in [0.29, 0.717) is 18.8 Å². The maximum absolute atomic E-state index is 11.3. The lowest BCUT2D eigenvalue weighted by atomic mass is 10.1. The van der Waals surface area contributed by atoms with Crippen LogP contribution in [0.3, 0.4) is 0 Å². The minimum atomic E-state index is -0.723. The topological polar surface area (TPSA) is 55.8 Å². The molecule has 0 amide bonds. The van der Waals surface area contributed by atoms with E-state index in [1.54, 1.807) is 0 Å². The first kappa shape index (κ1) is 14.9. The van der Waals surface area contributed by atoms with Gasteiger partial charge < -0.3 is 14.6 Å². The van der Waals surface area contributed by atoms with Crippen molar-refractivity contribution < 1.29 is 19.4 Å². The van der Waals surface area contributed by atoms with E-state index >= 15 is 0 Å². The first-order valence-electron chi connectivity index (χ1n) is 6.88. The van der Waals surface area contributed by atoms with Crippen LogP contribution in [-0.2, 0) is 9.53 Å². The molecule has 0 radical (unpaired) electrons. The van der Waals surface area contributed by atoms with Gasteiger partial charge in [-0.15, -0.1) is 0 Å². The number of carbonyl (C=O) groups is 1. The zero-order chi connectivity index (χ0) is 15.1. The Balaban J connectivity index is 1.93. The molecule has 2 aromatic carbocycles. The molecule has 0 saturated heterocycles. The molecule has 0 aliphatic heterocycles. The highest BCUT2D eigenvalue weighted by Gasteiger charge is 2.07. The Morgan fingerprint density at radius 2 is 1.95 bits per heavy atom. The summed E-state index contributed by atoms with van der Waals surface area (Å²) in [5.74, 6) is -0.470. The lowest BCUT2D eigenvalue weighted by molar-refractivity contribution is -0.142. The first-order chi connectivity index (χ1) is 10.2. The Bertz CT molecular complexity index is 646. The Morgan fingerprint density at radius 1 is 1.19 bits per heavy atom. The molecule has 2 rings (SSSR count). The lowest BCUT2D eigenvalue weighted by Crippen LogP contribution is -2.09. The summed E-state index contributed by atoms with van der Waals surface area (Å²) in [7, 11) is 0. The molecule has 0 fully saturated rings. The maximum atomic E-state index is 11.3. The van der Waals surface area contributed by atoms with Crippen LogP contribution in [0.4, 0.5) is 0 Å². The fourth-order valence-corrected chi connectivity index (χ4v) is 1.83. The standard InChI is InChI=1S/C17H18O4/c1-2-10-21-17(19)16(18)9-11-20-15-8-7-13-5-3-4-6-14(13)12-15/h3-9,12,18H,2,10-11H2,1H3. The number of carbonyl (C=O) groups excluding carboxylic acids is 1. The van der Waals surface area contributed by atoms with Gasteiger partial charge in [-0.3, -0.25) is 0 Å². The van der Waals surface area contributed by atoms with Crippen molar-refractivity contribution in [3.8, 4) is 5.75 Å². The molecule has 0 saturated carbocycles. The van der Waals surface area contributed by atoms with Crippen LogP contribution in [0.2, 0.25) is 0 Å². The number of hydrogen-bond donors (Lipinski definition) is 1. The molecule has 4 nitrogen and oxygen atoms in total. The molecule has 2 aromatic rings. The number of aliphatic hydroxyl groups is 1. The highest BCUT2D eigenvalue weighted by atomic mass is 16.5. The van der Waals surface area contributed by atoms with Gasteiger partial charge in [0.2, 0.25) is 5.76 Å². The van der Waals surface area contributed by atoms with Crippen LogP contribution in [0.15, 0.2) is 54.3 Å². The average molecular weight is 286 g/mol. The van der Waals surface area contributed by atoms with E-state index in [1.807, 2.05) is 49.4 Å². The van der Waals surface area contributed by atoms with Gasteiger partial charge in [0.25, 0.3) is 0 Å². The predicted octanol–water partition coefficient (Wildman–Crippen LogP) is 3.61. The van der Waals surface area contributed by atoms with Gasteiger partial charge in [0.05, 0.1) is 6.61 Å². The van der Waals surface area contributed by atoms with Gasteiger partial charge in [-0.2, -0.15) is 0 Å². The number of benzene rings is 2. The van der Waals surface area contributed by atoms with Gasteiger partial charge in [-0.25, -0.2) is 4.79 Å². The molecule has 0 aliphatic carbocycles. The second-order valence-corrected chi connectivity index (χ2v) is 4.55. The summed E-state index contributed by atoms with van der Waals surface area (Å²) >= 11 is 0. The van der Waals surface area contributed by atoms with Gasteiger partial charge in [0.15, 0.2) is 0 Å². The first-order valence-corrected chi connectivity index (χ1v) is 6.88. The van der Waals surface area contributed by atoms with Crippen LogP contribution in [0.5, 0.6) is 5.75 Å². The largest absolute Gasteiger partial charge is 0.502 e. The molecular weight excluding hydrogens is 268 g/mol. The number of fused-ring (bicyclic) bond motifs is 1. The van der Waals surface area contributed by atoms with Crippen LogP contribution >= 0.6 is 0 Å². The van der Waals surface area contributed by atoms with E-state index in [-0.39, 0.29) is 6.61 Å². The summed E-state index contributed by atoms with van der Waals surface area (Å²) in [4.78, 5) is 11.3. The van der Waals surface area contributed by atoms with Gasteiger partial charge >= 0.3 is 5.97 Å². The van der Waals surface area contributed by atoms with Crippen molar-refractivity contribution >= 4 is 16.7 Å². The fourth-order valence-electron chi connectivity index (χ4n) is 1.83. The Morgan fingerprint density at radius 3 is 2.71 bits per heavy atom.